The highest BCUT2D eigenvalue weighted by atomic mass is 32.1. The lowest BCUT2D eigenvalue weighted by Gasteiger charge is -2.14. The largest absolute Gasteiger partial charge is 0.493 e. The zero-order valence-electron chi connectivity index (χ0n) is 20.5. The highest BCUT2D eigenvalue weighted by Crippen LogP contribution is 2.39. The first kappa shape index (κ1) is 26.3. The number of carbonyl (C=O) groups excluding carboxylic acids is 3. The summed E-state index contributed by atoms with van der Waals surface area (Å²) in [5.41, 5.74) is 2.18. The Balaban J connectivity index is 1.58. The van der Waals surface area contributed by atoms with E-state index in [4.69, 9.17) is 23.7 Å². The summed E-state index contributed by atoms with van der Waals surface area (Å²) in [6.07, 6.45) is 4.12. The highest BCUT2D eigenvalue weighted by Gasteiger charge is 2.27. The smallest absolute Gasteiger partial charge is 0.341 e. The molecule has 0 radical (unpaired) electrons. The molecule has 1 N–H and O–H groups in total. The molecule has 1 aliphatic carbocycles. The summed E-state index contributed by atoms with van der Waals surface area (Å²) in [5, 5.41) is 3.19. The van der Waals surface area contributed by atoms with Gasteiger partial charge in [-0.1, -0.05) is 0 Å². The van der Waals surface area contributed by atoms with E-state index in [1.807, 2.05) is 0 Å². The fourth-order valence-corrected chi connectivity index (χ4v) is 5.27. The fourth-order valence-electron chi connectivity index (χ4n) is 3.98. The van der Waals surface area contributed by atoms with Crippen LogP contribution < -0.4 is 19.5 Å². The summed E-state index contributed by atoms with van der Waals surface area (Å²) in [5.74, 6) is -0.0171. The summed E-state index contributed by atoms with van der Waals surface area (Å²) in [6.45, 7) is 1.55. The van der Waals surface area contributed by atoms with E-state index in [9.17, 15) is 14.4 Å². The lowest BCUT2D eigenvalue weighted by atomic mass is 9.95. The number of carbonyl (C=O) groups is 3. The predicted octanol–water partition coefficient (Wildman–Crippen LogP) is 3.94. The van der Waals surface area contributed by atoms with Crippen LogP contribution in [0.25, 0.3) is 0 Å². The molecule has 0 saturated heterocycles. The summed E-state index contributed by atoms with van der Waals surface area (Å²) >= 11 is 1.39. The first-order valence-corrected chi connectivity index (χ1v) is 12.3. The number of ether oxygens (including phenoxy) is 5. The zero-order valence-corrected chi connectivity index (χ0v) is 21.3. The Bertz CT molecular complexity index is 1050. The number of amides is 1. The molecular weight excluding hydrogens is 474 g/mol. The van der Waals surface area contributed by atoms with Crippen LogP contribution in [0.3, 0.4) is 0 Å². The number of aryl methyl sites for hydroxylation is 2. The van der Waals surface area contributed by atoms with E-state index in [0.717, 1.165) is 41.7 Å². The van der Waals surface area contributed by atoms with Crippen molar-refractivity contribution in [1.29, 1.82) is 0 Å². The number of benzene rings is 1. The third-order valence-electron chi connectivity index (χ3n) is 5.61. The highest BCUT2D eigenvalue weighted by molar-refractivity contribution is 7.17. The summed E-state index contributed by atoms with van der Waals surface area (Å²) in [4.78, 5) is 38.4. The molecule has 3 rings (SSSR count). The van der Waals surface area contributed by atoms with Crippen LogP contribution in [0.4, 0.5) is 5.00 Å². The first-order chi connectivity index (χ1) is 16.9. The number of thiophene rings is 1. The van der Waals surface area contributed by atoms with Gasteiger partial charge in [0.1, 0.15) is 5.00 Å². The average molecular weight is 506 g/mol. The van der Waals surface area contributed by atoms with Gasteiger partial charge in [0.05, 0.1) is 33.5 Å². The topological polar surface area (TPSA) is 109 Å². The summed E-state index contributed by atoms with van der Waals surface area (Å²) < 4.78 is 26.3. The minimum absolute atomic E-state index is 0.0628. The van der Waals surface area contributed by atoms with Crippen molar-refractivity contribution >= 4 is 34.2 Å². The second-order valence-corrected chi connectivity index (χ2v) is 8.98. The normalized spacial score (nSPS) is 12.3. The number of nitrogens with one attached hydrogen (secondary N) is 1. The maximum atomic E-state index is 12.5. The van der Waals surface area contributed by atoms with Gasteiger partial charge >= 0.3 is 11.9 Å². The number of rotatable bonds is 11. The Morgan fingerprint density at radius 3 is 2.29 bits per heavy atom. The molecule has 0 fully saturated rings. The van der Waals surface area contributed by atoms with Gasteiger partial charge in [-0.2, -0.15) is 0 Å². The number of fused-ring (bicyclic) bond motifs is 1. The molecule has 1 aromatic carbocycles. The molecule has 0 unspecified atom stereocenters. The van der Waals surface area contributed by atoms with Crippen LogP contribution in [0.1, 0.15) is 52.5 Å². The molecule has 0 saturated carbocycles. The van der Waals surface area contributed by atoms with Crippen LogP contribution in [0.15, 0.2) is 12.1 Å². The van der Waals surface area contributed by atoms with Gasteiger partial charge in [-0.25, -0.2) is 4.79 Å². The van der Waals surface area contributed by atoms with E-state index in [2.05, 4.69) is 5.32 Å². The molecule has 0 aliphatic heterocycles. The van der Waals surface area contributed by atoms with Crippen molar-refractivity contribution in [2.45, 2.75) is 45.4 Å². The molecule has 0 spiro atoms. The molecule has 1 aliphatic rings. The van der Waals surface area contributed by atoms with Crippen molar-refractivity contribution in [1.82, 2.24) is 0 Å². The summed E-state index contributed by atoms with van der Waals surface area (Å²) in [6, 6.07) is 3.52. The van der Waals surface area contributed by atoms with Gasteiger partial charge in [0, 0.05) is 11.3 Å². The molecule has 0 bridgehead atoms. The monoisotopic (exact) mass is 505 g/mol. The van der Waals surface area contributed by atoms with E-state index < -0.39 is 24.5 Å². The first-order valence-electron chi connectivity index (χ1n) is 11.5. The van der Waals surface area contributed by atoms with E-state index in [1.54, 1.807) is 19.1 Å². The lowest BCUT2D eigenvalue weighted by Crippen LogP contribution is -2.22. The standard InChI is InChI=1S/C25H31NO8S/c1-5-33-25(29)22-16-8-6-7-9-19(16)35-24(22)26-20(27)14-34-21(28)11-10-15-12-17(30-2)23(32-4)18(13-15)31-3/h12-13H,5-11,14H2,1-4H3,(H,26,27). The second kappa shape index (κ2) is 12.4. The summed E-state index contributed by atoms with van der Waals surface area (Å²) in [7, 11) is 4.56. The average Bonchev–Trinajstić information content (AvgIpc) is 3.23. The number of anilines is 1. The van der Waals surface area contributed by atoms with Crippen molar-refractivity contribution in [3.63, 3.8) is 0 Å². The van der Waals surface area contributed by atoms with Crippen LogP contribution in [-0.2, 0) is 38.3 Å². The predicted molar refractivity (Wildman–Crippen MR) is 131 cm³/mol. The molecule has 1 aromatic heterocycles. The maximum Gasteiger partial charge on any atom is 0.341 e. The third-order valence-corrected chi connectivity index (χ3v) is 6.82. The Morgan fingerprint density at radius 2 is 1.66 bits per heavy atom. The number of hydrogen-bond donors (Lipinski definition) is 1. The Hall–Kier alpha value is -3.27. The van der Waals surface area contributed by atoms with E-state index in [1.165, 1.54) is 32.7 Å². The Kier molecular flexibility index (Phi) is 9.36. The van der Waals surface area contributed by atoms with Crippen LogP contribution in [0.2, 0.25) is 0 Å². The van der Waals surface area contributed by atoms with Crippen LogP contribution >= 0.6 is 11.3 Å². The van der Waals surface area contributed by atoms with Crippen molar-refractivity contribution < 1.29 is 38.1 Å². The van der Waals surface area contributed by atoms with E-state index >= 15 is 0 Å². The second-order valence-electron chi connectivity index (χ2n) is 7.88. The van der Waals surface area contributed by atoms with Crippen LogP contribution in [-0.4, -0.2) is 52.4 Å². The molecular formula is C25H31NO8S. The number of hydrogen-bond acceptors (Lipinski definition) is 9. The molecule has 1 amide bonds. The molecule has 35 heavy (non-hydrogen) atoms. The van der Waals surface area contributed by atoms with Gasteiger partial charge in [-0.05, 0) is 62.3 Å². The fraction of sp³-hybridized carbons (Fsp3) is 0.480. The quantitative estimate of drug-likeness (QED) is 0.458. The van der Waals surface area contributed by atoms with Crippen molar-refractivity contribution in [3.05, 3.63) is 33.7 Å². The van der Waals surface area contributed by atoms with Gasteiger partial charge in [-0.3, -0.25) is 9.59 Å². The van der Waals surface area contributed by atoms with E-state index in [-0.39, 0.29) is 13.0 Å². The molecule has 9 nitrogen and oxygen atoms in total. The molecule has 190 valence electrons. The number of esters is 2. The number of methoxy groups -OCH3 is 3. The molecule has 10 heteroatoms. The Morgan fingerprint density at radius 1 is 0.971 bits per heavy atom. The lowest BCUT2D eigenvalue weighted by molar-refractivity contribution is -0.147. The minimum Gasteiger partial charge on any atom is -0.493 e. The van der Waals surface area contributed by atoms with Crippen molar-refractivity contribution in [2.24, 2.45) is 0 Å². The van der Waals surface area contributed by atoms with Crippen LogP contribution in [0.5, 0.6) is 17.2 Å². The van der Waals surface area contributed by atoms with Crippen LogP contribution in [0, 0.1) is 0 Å². The van der Waals surface area contributed by atoms with Gasteiger partial charge in [-0.15, -0.1) is 11.3 Å². The maximum absolute atomic E-state index is 12.5. The zero-order chi connectivity index (χ0) is 25.4. The third kappa shape index (κ3) is 6.45. The van der Waals surface area contributed by atoms with Gasteiger partial charge in [0.25, 0.3) is 5.91 Å². The SMILES string of the molecule is CCOC(=O)c1c(NC(=O)COC(=O)CCc2cc(OC)c(OC)c(OC)c2)sc2c1CCCC2. The molecule has 2 aromatic rings. The van der Waals surface area contributed by atoms with Crippen molar-refractivity contribution in [2.75, 3.05) is 39.9 Å². The van der Waals surface area contributed by atoms with E-state index in [0.29, 0.717) is 34.2 Å². The van der Waals surface area contributed by atoms with Crippen molar-refractivity contribution in [3.8, 4) is 17.2 Å². The van der Waals surface area contributed by atoms with Gasteiger partial charge < -0.3 is 29.0 Å². The molecule has 1 heterocycles. The molecule has 0 atom stereocenters. The van der Waals surface area contributed by atoms with Gasteiger partial charge in [0.2, 0.25) is 5.75 Å². The van der Waals surface area contributed by atoms with Gasteiger partial charge in [0.15, 0.2) is 18.1 Å². The minimum atomic E-state index is -0.523. The Labute approximate surface area is 208 Å².